The molecule has 4 unspecified atom stereocenters. The molecule has 3 aliphatic heterocycles. The van der Waals surface area contributed by atoms with Crippen molar-refractivity contribution in [2.45, 2.75) is 115 Å². The van der Waals surface area contributed by atoms with E-state index in [-0.39, 0.29) is 55.2 Å². The van der Waals surface area contributed by atoms with E-state index in [0.29, 0.717) is 17.9 Å². The van der Waals surface area contributed by atoms with Crippen LogP contribution in [0.4, 0.5) is 13.6 Å². The zero-order valence-corrected chi connectivity index (χ0v) is 27.6. The Morgan fingerprint density at radius 2 is 1.78 bits per heavy atom. The summed E-state index contributed by atoms with van der Waals surface area (Å²) in [4.78, 5) is 34.2. The molecule has 7 nitrogen and oxygen atoms in total. The van der Waals surface area contributed by atoms with Crippen LogP contribution in [0.5, 0.6) is 0 Å². The van der Waals surface area contributed by atoms with Crippen LogP contribution in [0.15, 0.2) is 42.1 Å². The fourth-order valence-corrected chi connectivity index (χ4v) is 9.12. The molecule has 2 saturated carbocycles. The van der Waals surface area contributed by atoms with Crippen LogP contribution in [-0.2, 0) is 9.53 Å². The SMILES string of the molecule is C/C=C1\C2CC3(CC2N1CCC(NC(=O)C1(C)CCC(F)(F)CC1)c1ccccc1)CN(CC1CCOCC1)C(=O)N3C(C)C. The lowest BCUT2D eigenvalue weighted by molar-refractivity contribution is -0.138. The number of halogens is 2. The molecule has 45 heavy (non-hydrogen) atoms. The number of allylic oxidation sites excluding steroid dienone is 1. The Morgan fingerprint density at radius 1 is 1.09 bits per heavy atom. The molecule has 0 bridgehead atoms. The number of carbonyl (C=O) groups is 2. The van der Waals surface area contributed by atoms with Gasteiger partial charge in [-0.15, -0.1) is 0 Å². The van der Waals surface area contributed by atoms with Gasteiger partial charge in [-0.05, 0) is 77.2 Å². The van der Waals surface area contributed by atoms with Gasteiger partial charge in [-0.3, -0.25) is 4.79 Å². The topological polar surface area (TPSA) is 65.1 Å². The zero-order chi connectivity index (χ0) is 32.0. The number of benzene rings is 1. The highest BCUT2D eigenvalue weighted by atomic mass is 19.3. The zero-order valence-electron chi connectivity index (χ0n) is 27.6. The van der Waals surface area contributed by atoms with Crippen LogP contribution in [0.2, 0.25) is 0 Å². The van der Waals surface area contributed by atoms with E-state index in [2.05, 4.69) is 46.9 Å². The van der Waals surface area contributed by atoms with Gasteiger partial charge in [0.1, 0.15) is 0 Å². The third kappa shape index (κ3) is 6.22. The maximum atomic E-state index is 13.9. The predicted molar refractivity (Wildman–Crippen MR) is 171 cm³/mol. The molecule has 5 fully saturated rings. The molecule has 3 saturated heterocycles. The van der Waals surface area contributed by atoms with Crippen LogP contribution in [0.1, 0.15) is 97.1 Å². The number of nitrogens with one attached hydrogen (secondary N) is 1. The van der Waals surface area contributed by atoms with Gasteiger partial charge in [0.2, 0.25) is 11.8 Å². The first kappa shape index (κ1) is 32.3. The molecule has 2 aliphatic carbocycles. The summed E-state index contributed by atoms with van der Waals surface area (Å²) < 4.78 is 33.4. The highest BCUT2D eigenvalue weighted by Crippen LogP contribution is 2.55. The minimum atomic E-state index is -2.68. The normalized spacial score (nSPS) is 31.0. The maximum absolute atomic E-state index is 13.9. The highest BCUT2D eigenvalue weighted by Gasteiger charge is 2.62. The van der Waals surface area contributed by atoms with E-state index >= 15 is 0 Å². The summed E-state index contributed by atoms with van der Waals surface area (Å²) in [5, 5.41) is 3.29. The smallest absolute Gasteiger partial charge is 0.320 e. The molecular weight excluding hydrogens is 574 g/mol. The van der Waals surface area contributed by atoms with E-state index in [1.807, 2.05) is 37.3 Å². The summed E-state index contributed by atoms with van der Waals surface area (Å²) in [6.45, 7) is 12.2. The number of rotatable bonds is 9. The van der Waals surface area contributed by atoms with Crippen LogP contribution < -0.4 is 5.32 Å². The van der Waals surface area contributed by atoms with Gasteiger partial charge < -0.3 is 24.8 Å². The second-order valence-electron chi connectivity index (χ2n) is 15.0. The Hall–Kier alpha value is -2.68. The largest absolute Gasteiger partial charge is 0.381 e. The van der Waals surface area contributed by atoms with E-state index in [9.17, 15) is 18.4 Å². The van der Waals surface area contributed by atoms with Gasteiger partial charge in [0.15, 0.2) is 0 Å². The quantitative estimate of drug-likeness (QED) is 0.329. The minimum Gasteiger partial charge on any atom is -0.381 e. The van der Waals surface area contributed by atoms with Crippen molar-refractivity contribution in [1.82, 2.24) is 20.0 Å². The number of urea groups is 1. The number of carbonyl (C=O) groups excluding carboxylic acids is 2. The van der Waals surface area contributed by atoms with E-state index < -0.39 is 11.3 Å². The van der Waals surface area contributed by atoms with E-state index in [4.69, 9.17) is 4.74 Å². The van der Waals surface area contributed by atoms with Crippen LogP contribution in [0.25, 0.3) is 0 Å². The summed E-state index contributed by atoms with van der Waals surface area (Å²) in [5.41, 5.74) is 1.43. The van der Waals surface area contributed by atoms with Crippen molar-refractivity contribution in [2.24, 2.45) is 17.3 Å². The van der Waals surface area contributed by atoms with Crippen molar-refractivity contribution in [3.8, 4) is 0 Å². The molecule has 1 N–H and O–H groups in total. The molecule has 248 valence electrons. The molecule has 1 spiro atoms. The highest BCUT2D eigenvalue weighted by molar-refractivity contribution is 5.82. The summed E-state index contributed by atoms with van der Waals surface area (Å²) in [7, 11) is 0. The summed E-state index contributed by atoms with van der Waals surface area (Å²) in [5.74, 6) is -1.86. The average Bonchev–Trinajstić information content (AvgIpc) is 3.48. The van der Waals surface area contributed by atoms with Crippen molar-refractivity contribution < 1.29 is 23.1 Å². The van der Waals surface area contributed by atoms with Crippen LogP contribution in [0.3, 0.4) is 0 Å². The molecule has 0 aromatic heterocycles. The standard InChI is InChI=1S/C36H52F2N4O3/c1-5-30-28-21-35(24-40(33(44)42(35)25(2)3)23-26-12-19-45-20-13-26)22-31(28)41(30)18-11-29(27-9-7-6-8-10-27)39-32(43)34(4)14-16-36(37,38)17-15-34/h5-10,25-26,28-29,31H,11-24H2,1-4H3,(H,39,43)/b30-5+. The fourth-order valence-electron chi connectivity index (χ4n) is 9.12. The van der Waals surface area contributed by atoms with Crippen LogP contribution in [0, 0.1) is 17.3 Å². The Balaban J connectivity index is 1.15. The van der Waals surface area contributed by atoms with Crippen molar-refractivity contribution in [1.29, 1.82) is 0 Å². The van der Waals surface area contributed by atoms with Gasteiger partial charge in [0, 0.05) is 74.8 Å². The second-order valence-corrected chi connectivity index (χ2v) is 15.0. The molecule has 1 aromatic carbocycles. The van der Waals surface area contributed by atoms with Crippen molar-refractivity contribution in [2.75, 3.05) is 32.8 Å². The number of amides is 3. The summed E-state index contributed by atoms with van der Waals surface area (Å²) in [6.07, 6.45) is 6.86. The van der Waals surface area contributed by atoms with Gasteiger partial charge in [0.05, 0.1) is 11.6 Å². The van der Waals surface area contributed by atoms with Gasteiger partial charge in [-0.25, -0.2) is 13.6 Å². The first-order valence-electron chi connectivity index (χ1n) is 17.3. The Labute approximate surface area is 267 Å². The number of nitrogens with zero attached hydrogens (tertiary/aromatic N) is 3. The fraction of sp³-hybridized carbons (Fsp3) is 0.722. The van der Waals surface area contributed by atoms with Gasteiger partial charge in [-0.2, -0.15) is 0 Å². The Kier molecular flexibility index (Phi) is 8.96. The van der Waals surface area contributed by atoms with Crippen LogP contribution >= 0.6 is 0 Å². The molecule has 9 heteroatoms. The van der Waals surface area contributed by atoms with E-state index in [1.165, 1.54) is 5.70 Å². The van der Waals surface area contributed by atoms with Gasteiger partial charge >= 0.3 is 6.03 Å². The molecule has 5 aliphatic rings. The number of hydrogen-bond donors (Lipinski definition) is 1. The minimum absolute atomic E-state index is 0.124. The summed E-state index contributed by atoms with van der Waals surface area (Å²) in [6, 6.07) is 10.5. The lowest BCUT2D eigenvalue weighted by atomic mass is 9.73. The number of hydrogen-bond acceptors (Lipinski definition) is 4. The molecule has 3 heterocycles. The lowest BCUT2D eigenvalue weighted by Crippen LogP contribution is -2.52. The molecule has 3 amide bonds. The second kappa shape index (κ2) is 12.5. The first-order valence-corrected chi connectivity index (χ1v) is 17.3. The molecule has 0 radical (unpaired) electrons. The third-order valence-corrected chi connectivity index (χ3v) is 11.7. The average molecular weight is 627 g/mol. The monoisotopic (exact) mass is 626 g/mol. The number of alkyl halides is 2. The molecule has 6 rings (SSSR count). The third-order valence-electron chi connectivity index (χ3n) is 11.7. The van der Waals surface area contributed by atoms with Gasteiger partial charge in [0.25, 0.3) is 0 Å². The molecule has 4 atom stereocenters. The Morgan fingerprint density at radius 3 is 2.42 bits per heavy atom. The molecular formula is C36H52F2N4O3. The number of likely N-dealkylation sites (tertiary alicyclic amines) is 1. The summed E-state index contributed by atoms with van der Waals surface area (Å²) >= 11 is 0. The Bertz CT molecular complexity index is 1260. The predicted octanol–water partition coefficient (Wildman–Crippen LogP) is 6.76. The van der Waals surface area contributed by atoms with Crippen molar-refractivity contribution in [3.63, 3.8) is 0 Å². The number of ether oxygens (including phenoxy) is 1. The lowest BCUT2D eigenvalue weighted by Gasteiger charge is -2.49. The van der Waals surface area contributed by atoms with Crippen molar-refractivity contribution in [3.05, 3.63) is 47.7 Å². The van der Waals surface area contributed by atoms with Gasteiger partial charge in [-0.1, -0.05) is 43.3 Å². The van der Waals surface area contributed by atoms with E-state index in [1.54, 1.807) is 0 Å². The van der Waals surface area contributed by atoms with E-state index in [0.717, 1.165) is 70.5 Å². The molecule has 1 aromatic rings. The maximum Gasteiger partial charge on any atom is 0.320 e. The first-order chi connectivity index (χ1) is 21.5. The van der Waals surface area contributed by atoms with Crippen molar-refractivity contribution >= 4 is 11.9 Å². The van der Waals surface area contributed by atoms with Crippen LogP contribution in [-0.4, -0.2) is 83.0 Å². The number of fused-ring (bicyclic) bond motifs is 1.